The molecule has 0 bridgehead atoms. The van der Waals surface area contributed by atoms with E-state index in [2.05, 4.69) is 6.07 Å². The highest BCUT2D eigenvalue weighted by Crippen LogP contribution is 2.41. The third-order valence-corrected chi connectivity index (χ3v) is 3.92. The first-order chi connectivity index (χ1) is 9.22. The third-order valence-electron chi connectivity index (χ3n) is 3.92. The summed E-state index contributed by atoms with van der Waals surface area (Å²) in [5, 5.41) is 8.92. The standard InChI is InChI=1S/C15H19N3O/c16-9-10-18(11-13-5-2-1-3-6-13)14(19)15(12-17)7-4-8-15/h1-3,5-6H,4,7-8,10-12,17H2. The lowest BCUT2D eigenvalue weighted by atomic mass is 9.68. The molecule has 2 rings (SSSR count). The number of amides is 1. The van der Waals surface area contributed by atoms with Crippen molar-refractivity contribution in [3.05, 3.63) is 35.9 Å². The Bertz CT molecular complexity index is 468. The van der Waals surface area contributed by atoms with E-state index in [1.54, 1.807) is 4.90 Å². The van der Waals surface area contributed by atoms with E-state index in [1.807, 2.05) is 30.3 Å². The van der Waals surface area contributed by atoms with Crippen LogP contribution in [0, 0.1) is 16.7 Å². The molecule has 4 nitrogen and oxygen atoms in total. The Morgan fingerprint density at radius 1 is 1.37 bits per heavy atom. The van der Waals surface area contributed by atoms with E-state index in [1.165, 1.54) is 0 Å². The van der Waals surface area contributed by atoms with Crippen molar-refractivity contribution in [1.82, 2.24) is 4.90 Å². The van der Waals surface area contributed by atoms with Crippen molar-refractivity contribution < 1.29 is 4.79 Å². The van der Waals surface area contributed by atoms with Gasteiger partial charge >= 0.3 is 0 Å². The van der Waals surface area contributed by atoms with Crippen molar-refractivity contribution in [2.75, 3.05) is 13.1 Å². The fourth-order valence-corrected chi connectivity index (χ4v) is 2.53. The Labute approximate surface area is 113 Å². The van der Waals surface area contributed by atoms with E-state index in [0.29, 0.717) is 13.1 Å². The Hall–Kier alpha value is -1.86. The number of carbonyl (C=O) groups is 1. The van der Waals surface area contributed by atoms with Crippen LogP contribution in [0.3, 0.4) is 0 Å². The molecule has 1 aromatic carbocycles. The predicted molar refractivity (Wildman–Crippen MR) is 72.8 cm³/mol. The molecule has 1 fully saturated rings. The highest BCUT2D eigenvalue weighted by Gasteiger charge is 2.45. The lowest BCUT2D eigenvalue weighted by molar-refractivity contribution is -0.146. The molecule has 4 heteroatoms. The average molecular weight is 257 g/mol. The van der Waals surface area contributed by atoms with Crippen molar-refractivity contribution in [2.45, 2.75) is 25.8 Å². The number of nitrogens with two attached hydrogens (primary N) is 1. The minimum atomic E-state index is -0.411. The van der Waals surface area contributed by atoms with Crippen LogP contribution >= 0.6 is 0 Å². The third kappa shape index (κ3) is 2.77. The molecule has 0 aliphatic heterocycles. The molecule has 1 amide bonds. The fourth-order valence-electron chi connectivity index (χ4n) is 2.53. The molecule has 0 heterocycles. The SMILES string of the molecule is N#CCN(Cc1ccccc1)C(=O)C1(CN)CCC1. The largest absolute Gasteiger partial charge is 0.329 e. The number of hydrogen-bond acceptors (Lipinski definition) is 3. The van der Waals surface area contributed by atoms with Crippen molar-refractivity contribution in [3.8, 4) is 6.07 Å². The lowest BCUT2D eigenvalue weighted by Crippen LogP contribution is -2.51. The Morgan fingerprint density at radius 2 is 2.05 bits per heavy atom. The van der Waals surface area contributed by atoms with E-state index in [0.717, 1.165) is 24.8 Å². The molecule has 0 atom stereocenters. The van der Waals surface area contributed by atoms with Crippen molar-refractivity contribution in [3.63, 3.8) is 0 Å². The number of nitriles is 1. The molecule has 1 aromatic rings. The van der Waals surface area contributed by atoms with Crippen molar-refractivity contribution >= 4 is 5.91 Å². The molecular formula is C15H19N3O. The fraction of sp³-hybridized carbons (Fsp3) is 0.467. The monoisotopic (exact) mass is 257 g/mol. The molecule has 1 aliphatic rings. The number of rotatable bonds is 5. The molecule has 1 saturated carbocycles. The number of nitrogens with zero attached hydrogens (tertiary/aromatic N) is 2. The summed E-state index contributed by atoms with van der Waals surface area (Å²) in [5.74, 6) is 0.0339. The van der Waals surface area contributed by atoms with E-state index < -0.39 is 5.41 Å². The second kappa shape index (κ2) is 5.85. The van der Waals surface area contributed by atoms with E-state index >= 15 is 0 Å². The van der Waals surface area contributed by atoms with Crippen LogP contribution in [0.4, 0.5) is 0 Å². The molecule has 19 heavy (non-hydrogen) atoms. The second-order valence-electron chi connectivity index (χ2n) is 5.14. The van der Waals surface area contributed by atoms with Gasteiger partial charge in [0.25, 0.3) is 0 Å². The van der Waals surface area contributed by atoms with Crippen LogP contribution in [-0.2, 0) is 11.3 Å². The molecule has 0 spiro atoms. The summed E-state index contributed by atoms with van der Waals surface area (Å²) in [5.41, 5.74) is 6.40. The van der Waals surface area contributed by atoms with E-state index in [-0.39, 0.29) is 12.5 Å². The van der Waals surface area contributed by atoms with Crippen LogP contribution in [0.2, 0.25) is 0 Å². The molecule has 0 radical (unpaired) electrons. The van der Waals surface area contributed by atoms with E-state index in [9.17, 15) is 4.79 Å². The average Bonchev–Trinajstić information content (AvgIpc) is 2.39. The Morgan fingerprint density at radius 3 is 2.53 bits per heavy atom. The first-order valence-corrected chi connectivity index (χ1v) is 6.62. The zero-order valence-electron chi connectivity index (χ0n) is 11.0. The molecule has 0 saturated heterocycles. The van der Waals surface area contributed by atoms with Crippen molar-refractivity contribution in [1.29, 1.82) is 5.26 Å². The van der Waals surface area contributed by atoms with Gasteiger partial charge in [0.1, 0.15) is 6.54 Å². The Kier molecular flexibility index (Phi) is 4.18. The quantitative estimate of drug-likeness (QED) is 0.816. The predicted octanol–water partition coefficient (Wildman–Crippen LogP) is 1.67. The van der Waals surface area contributed by atoms with Gasteiger partial charge in [-0.05, 0) is 18.4 Å². The highest BCUT2D eigenvalue weighted by molar-refractivity contribution is 5.84. The van der Waals surface area contributed by atoms with E-state index in [4.69, 9.17) is 11.0 Å². The van der Waals surface area contributed by atoms with Gasteiger partial charge in [-0.1, -0.05) is 36.8 Å². The minimum absolute atomic E-state index is 0.0339. The number of benzene rings is 1. The van der Waals surface area contributed by atoms with Crippen LogP contribution < -0.4 is 5.73 Å². The smallest absolute Gasteiger partial charge is 0.231 e. The zero-order chi connectivity index (χ0) is 13.7. The first kappa shape index (κ1) is 13.6. The van der Waals surface area contributed by atoms with Gasteiger partial charge in [0.05, 0.1) is 11.5 Å². The summed E-state index contributed by atoms with van der Waals surface area (Å²) >= 11 is 0. The lowest BCUT2D eigenvalue weighted by Gasteiger charge is -2.42. The highest BCUT2D eigenvalue weighted by atomic mass is 16.2. The van der Waals surface area contributed by atoms with Crippen LogP contribution in [0.1, 0.15) is 24.8 Å². The van der Waals surface area contributed by atoms with Gasteiger partial charge in [-0.25, -0.2) is 0 Å². The van der Waals surface area contributed by atoms with Gasteiger partial charge < -0.3 is 10.6 Å². The second-order valence-corrected chi connectivity index (χ2v) is 5.14. The van der Waals surface area contributed by atoms with Crippen LogP contribution in [0.15, 0.2) is 30.3 Å². The van der Waals surface area contributed by atoms with Crippen LogP contribution in [-0.4, -0.2) is 23.9 Å². The summed E-state index contributed by atoms with van der Waals surface area (Å²) in [7, 11) is 0. The van der Waals surface area contributed by atoms with Crippen LogP contribution in [0.25, 0.3) is 0 Å². The number of carbonyl (C=O) groups excluding carboxylic acids is 1. The van der Waals surface area contributed by atoms with Gasteiger partial charge in [0.15, 0.2) is 0 Å². The van der Waals surface area contributed by atoms with Gasteiger partial charge in [0, 0.05) is 13.1 Å². The van der Waals surface area contributed by atoms with Gasteiger partial charge in [0.2, 0.25) is 5.91 Å². The van der Waals surface area contributed by atoms with Gasteiger partial charge in [-0.3, -0.25) is 4.79 Å². The maximum Gasteiger partial charge on any atom is 0.231 e. The summed E-state index contributed by atoms with van der Waals surface area (Å²) in [6.45, 7) is 0.979. The molecule has 0 unspecified atom stereocenters. The molecule has 2 N–H and O–H groups in total. The summed E-state index contributed by atoms with van der Waals surface area (Å²) < 4.78 is 0. The maximum absolute atomic E-state index is 12.6. The summed E-state index contributed by atoms with van der Waals surface area (Å²) in [6, 6.07) is 11.8. The summed E-state index contributed by atoms with van der Waals surface area (Å²) in [6.07, 6.45) is 2.74. The number of hydrogen-bond donors (Lipinski definition) is 1. The summed E-state index contributed by atoms with van der Waals surface area (Å²) in [4.78, 5) is 14.2. The normalized spacial score (nSPS) is 16.2. The van der Waals surface area contributed by atoms with Gasteiger partial charge in [-0.2, -0.15) is 5.26 Å². The molecular weight excluding hydrogens is 238 g/mol. The van der Waals surface area contributed by atoms with Crippen molar-refractivity contribution in [2.24, 2.45) is 11.1 Å². The molecule has 0 aromatic heterocycles. The topological polar surface area (TPSA) is 70.1 Å². The molecule has 1 aliphatic carbocycles. The Balaban J connectivity index is 2.12. The molecule has 100 valence electrons. The first-order valence-electron chi connectivity index (χ1n) is 6.62. The maximum atomic E-state index is 12.6. The van der Waals surface area contributed by atoms with Gasteiger partial charge in [-0.15, -0.1) is 0 Å². The van der Waals surface area contributed by atoms with Crippen LogP contribution in [0.5, 0.6) is 0 Å². The minimum Gasteiger partial charge on any atom is -0.329 e. The zero-order valence-corrected chi connectivity index (χ0v) is 11.0.